The van der Waals surface area contributed by atoms with Crippen LogP contribution in [0.4, 0.5) is 5.69 Å². The maximum absolute atomic E-state index is 12.9. The standard InChI is InChI=1S/C20H24N2O4S/c1-15(2)20(23)21-16-8-10-19(11-9-16)27(24,25)22-13-12-18(14-22)26-17-6-4-3-5-7-17/h3-11,15,18H,12-14H2,1-2H3,(H,21,23)/t18-/m0/s1. The van der Waals surface area contributed by atoms with E-state index < -0.39 is 10.0 Å². The first-order chi connectivity index (χ1) is 12.9. The highest BCUT2D eigenvalue weighted by Crippen LogP contribution is 2.25. The van der Waals surface area contributed by atoms with E-state index in [1.807, 2.05) is 30.3 Å². The summed E-state index contributed by atoms with van der Waals surface area (Å²) in [6, 6.07) is 15.7. The number of benzene rings is 2. The number of carbonyl (C=O) groups excluding carboxylic acids is 1. The van der Waals surface area contributed by atoms with E-state index in [-0.39, 0.29) is 22.8 Å². The van der Waals surface area contributed by atoms with Gasteiger partial charge in [-0.2, -0.15) is 4.31 Å². The van der Waals surface area contributed by atoms with E-state index in [0.717, 1.165) is 5.75 Å². The van der Waals surface area contributed by atoms with Gasteiger partial charge in [-0.25, -0.2) is 8.42 Å². The lowest BCUT2D eigenvalue weighted by Gasteiger charge is -2.17. The molecule has 7 heteroatoms. The molecule has 1 heterocycles. The van der Waals surface area contributed by atoms with Crippen molar-refractivity contribution in [1.29, 1.82) is 0 Å². The second kappa shape index (κ2) is 8.10. The maximum atomic E-state index is 12.9. The summed E-state index contributed by atoms with van der Waals surface area (Å²) >= 11 is 0. The molecule has 1 atom stereocenters. The molecule has 0 saturated carbocycles. The minimum Gasteiger partial charge on any atom is -0.489 e. The van der Waals surface area contributed by atoms with Gasteiger partial charge in [0, 0.05) is 18.2 Å². The van der Waals surface area contributed by atoms with Crippen molar-refractivity contribution in [2.45, 2.75) is 31.3 Å². The lowest BCUT2D eigenvalue weighted by molar-refractivity contribution is -0.118. The van der Waals surface area contributed by atoms with Crippen molar-refractivity contribution >= 4 is 21.6 Å². The summed E-state index contributed by atoms with van der Waals surface area (Å²) in [5.74, 6) is 0.498. The molecule has 6 nitrogen and oxygen atoms in total. The Labute approximate surface area is 160 Å². The zero-order valence-corrected chi connectivity index (χ0v) is 16.3. The van der Waals surface area contributed by atoms with Gasteiger partial charge in [-0.3, -0.25) is 4.79 Å². The number of hydrogen-bond acceptors (Lipinski definition) is 4. The van der Waals surface area contributed by atoms with E-state index in [9.17, 15) is 13.2 Å². The fourth-order valence-electron chi connectivity index (χ4n) is 2.85. The minimum absolute atomic E-state index is 0.106. The average Bonchev–Trinajstić information content (AvgIpc) is 3.12. The van der Waals surface area contributed by atoms with E-state index >= 15 is 0 Å². The molecule has 27 heavy (non-hydrogen) atoms. The van der Waals surface area contributed by atoms with Crippen LogP contribution in [-0.4, -0.2) is 37.8 Å². The van der Waals surface area contributed by atoms with E-state index in [1.54, 1.807) is 26.0 Å². The van der Waals surface area contributed by atoms with Crippen molar-refractivity contribution in [2.75, 3.05) is 18.4 Å². The quantitative estimate of drug-likeness (QED) is 0.825. The van der Waals surface area contributed by atoms with Crippen molar-refractivity contribution in [2.24, 2.45) is 5.92 Å². The van der Waals surface area contributed by atoms with Gasteiger partial charge >= 0.3 is 0 Å². The Balaban J connectivity index is 1.65. The first kappa shape index (κ1) is 19.4. The first-order valence-corrected chi connectivity index (χ1v) is 10.4. The Bertz CT molecular complexity index is 880. The van der Waals surface area contributed by atoms with E-state index in [2.05, 4.69) is 5.32 Å². The Morgan fingerprint density at radius 2 is 1.78 bits per heavy atom. The third kappa shape index (κ3) is 4.67. The van der Waals surface area contributed by atoms with Crippen LogP contribution in [0.25, 0.3) is 0 Å². The van der Waals surface area contributed by atoms with Gasteiger partial charge in [0.1, 0.15) is 11.9 Å². The Kier molecular flexibility index (Phi) is 5.82. The van der Waals surface area contributed by atoms with Crippen LogP contribution in [0.3, 0.4) is 0 Å². The van der Waals surface area contributed by atoms with Crippen molar-refractivity contribution in [3.63, 3.8) is 0 Å². The Hall–Kier alpha value is -2.38. The molecule has 1 aliphatic heterocycles. The highest BCUT2D eigenvalue weighted by atomic mass is 32.2. The fourth-order valence-corrected chi connectivity index (χ4v) is 4.34. The number of hydrogen-bond donors (Lipinski definition) is 1. The van der Waals surface area contributed by atoms with E-state index in [1.165, 1.54) is 16.4 Å². The molecular weight excluding hydrogens is 364 g/mol. The summed E-state index contributed by atoms with van der Waals surface area (Å²) in [6.07, 6.45) is 0.489. The van der Waals surface area contributed by atoms with Gasteiger partial charge < -0.3 is 10.1 Å². The molecule has 0 bridgehead atoms. The van der Waals surface area contributed by atoms with Gasteiger partial charge in [0.2, 0.25) is 15.9 Å². The third-order valence-electron chi connectivity index (χ3n) is 4.44. The smallest absolute Gasteiger partial charge is 0.243 e. The summed E-state index contributed by atoms with van der Waals surface area (Å²) < 4.78 is 33.0. The molecule has 1 aliphatic rings. The number of amides is 1. The van der Waals surface area contributed by atoms with Gasteiger partial charge in [-0.1, -0.05) is 32.0 Å². The second-order valence-corrected chi connectivity index (χ2v) is 8.81. The number of nitrogens with zero attached hydrogens (tertiary/aromatic N) is 1. The van der Waals surface area contributed by atoms with Crippen LogP contribution in [0.5, 0.6) is 5.75 Å². The third-order valence-corrected chi connectivity index (χ3v) is 6.32. The summed E-state index contributed by atoms with van der Waals surface area (Å²) in [4.78, 5) is 12.0. The molecule has 0 radical (unpaired) electrons. The van der Waals surface area contributed by atoms with Gasteiger partial charge in [0.05, 0.1) is 11.4 Å². The van der Waals surface area contributed by atoms with Gasteiger partial charge in [-0.15, -0.1) is 0 Å². The zero-order valence-electron chi connectivity index (χ0n) is 15.5. The molecule has 2 aromatic carbocycles. The van der Waals surface area contributed by atoms with Crippen molar-refractivity contribution in [3.05, 3.63) is 54.6 Å². The number of nitrogens with one attached hydrogen (secondary N) is 1. The summed E-state index contributed by atoms with van der Waals surface area (Å²) in [6.45, 7) is 4.35. The predicted octanol–water partition coefficient (Wildman–Crippen LogP) is 3.12. The minimum atomic E-state index is -3.58. The molecule has 144 valence electrons. The molecule has 1 fully saturated rings. The predicted molar refractivity (Wildman–Crippen MR) is 104 cm³/mol. The molecule has 0 aromatic heterocycles. The Morgan fingerprint density at radius 3 is 2.41 bits per heavy atom. The van der Waals surface area contributed by atoms with Crippen LogP contribution in [-0.2, 0) is 14.8 Å². The highest BCUT2D eigenvalue weighted by molar-refractivity contribution is 7.89. The van der Waals surface area contributed by atoms with Crippen molar-refractivity contribution in [1.82, 2.24) is 4.31 Å². The largest absolute Gasteiger partial charge is 0.489 e. The van der Waals surface area contributed by atoms with Crippen LogP contribution < -0.4 is 10.1 Å². The van der Waals surface area contributed by atoms with Crippen molar-refractivity contribution in [3.8, 4) is 5.75 Å². The summed E-state index contributed by atoms with van der Waals surface area (Å²) in [5, 5.41) is 2.76. The summed E-state index contributed by atoms with van der Waals surface area (Å²) in [7, 11) is -3.58. The van der Waals surface area contributed by atoms with Crippen LogP contribution in [0.1, 0.15) is 20.3 Å². The summed E-state index contributed by atoms with van der Waals surface area (Å²) in [5.41, 5.74) is 0.583. The van der Waals surface area contributed by atoms with Crippen LogP contribution in [0, 0.1) is 5.92 Å². The maximum Gasteiger partial charge on any atom is 0.243 e. The molecule has 1 saturated heterocycles. The molecule has 0 aliphatic carbocycles. The SMILES string of the molecule is CC(C)C(=O)Nc1ccc(S(=O)(=O)N2CC[C@H](Oc3ccccc3)C2)cc1. The van der Waals surface area contributed by atoms with Crippen LogP contribution in [0.2, 0.25) is 0 Å². The van der Waals surface area contributed by atoms with Gasteiger partial charge in [0.15, 0.2) is 0 Å². The molecule has 0 unspecified atom stereocenters. The molecule has 0 spiro atoms. The molecule has 2 aromatic rings. The Morgan fingerprint density at radius 1 is 1.11 bits per heavy atom. The average molecular weight is 388 g/mol. The van der Waals surface area contributed by atoms with Crippen LogP contribution in [0.15, 0.2) is 59.5 Å². The number of para-hydroxylation sites is 1. The van der Waals surface area contributed by atoms with Crippen LogP contribution >= 0.6 is 0 Å². The number of anilines is 1. The van der Waals surface area contributed by atoms with E-state index in [4.69, 9.17) is 4.74 Å². The molecular formula is C20H24N2O4S. The molecule has 1 N–H and O–H groups in total. The monoisotopic (exact) mass is 388 g/mol. The fraction of sp³-hybridized carbons (Fsp3) is 0.350. The van der Waals surface area contributed by atoms with Crippen molar-refractivity contribution < 1.29 is 17.9 Å². The normalized spacial score (nSPS) is 17.8. The van der Waals surface area contributed by atoms with E-state index in [0.29, 0.717) is 25.2 Å². The molecule has 1 amide bonds. The number of sulfonamides is 1. The topological polar surface area (TPSA) is 75.7 Å². The van der Waals surface area contributed by atoms with Gasteiger partial charge in [0.25, 0.3) is 0 Å². The zero-order chi connectivity index (χ0) is 19.4. The number of ether oxygens (including phenoxy) is 1. The highest BCUT2D eigenvalue weighted by Gasteiger charge is 2.33. The lowest BCUT2D eigenvalue weighted by atomic mass is 10.2. The lowest BCUT2D eigenvalue weighted by Crippen LogP contribution is -2.31. The second-order valence-electron chi connectivity index (χ2n) is 6.87. The number of carbonyl (C=O) groups is 1. The number of rotatable bonds is 6. The van der Waals surface area contributed by atoms with Gasteiger partial charge in [-0.05, 0) is 42.8 Å². The molecule has 3 rings (SSSR count). The first-order valence-electron chi connectivity index (χ1n) is 8.99.